The molecular weight excluding hydrogens is 254 g/mol. The van der Waals surface area contributed by atoms with Gasteiger partial charge >= 0.3 is 0 Å². The minimum absolute atomic E-state index is 0.0631. The highest BCUT2D eigenvalue weighted by molar-refractivity contribution is 5.93. The van der Waals surface area contributed by atoms with Crippen LogP contribution >= 0.6 is 0 Å². The predicted octanol–water partition coefficient (Wildman–Crippen LogP) is 1.46. The van der Waals surface area contributed by atoms with Gasteiger partial charge in [0, 0.05) is 13.2 Å². The first-order valence-corrected chi connectivity index (χ1v) is 6.03. The van der Waals surface area contributed by atoms with E-state index in [-0.39, 0.29) is 12.1 Å². The zero-order chi connectivity index (χ0) is 15.0. The fraction of sp³-hybridized carbons (Fsp3) is 0.133. The van der Waals surface area contributed by atoms with E-state index in [4.69, 9.17) is 0 Å². The molecule has 1 aromatic rings. The summed E-state index contributed by atoms with van der Waals surface area (Å²) in [5.74, 6) is -0.429. The van der Waals surface area contributed by atoms with Gasteiger partial charge in [-0.05, 0) is 11.6 Å². The van der Waals surface area contributed by atoms with Gasteiger partial charge in [0.05, 0.1) is 6.54 Å². The van der Waals surface area contributed by atoms with Gasteiger partial charge in [0.15, 0.2) is 0 Å². The number of carbonyl (C=O) groups is 1. The maximum atomic E-state index is 12.1. The lowest BCUT2D eigenvalue weighted by atomic mass is 10.2. The molecule has 0 unspecified atom stereocenters. The summed E-state index contributed by atoms with van der Waals surface area (Å²) in [5, 5.41) is 6.40. The maximum absolute atomic E-state index is 12.1. The molecule has 0 aliphatic heterocycles. The predicted molar refractivity (Wildman–Crippen MR) is 79.5 cm³/mol. The number of aromatic nitrogens is 2. The van der Waals surface area contributed by atoms with Crippen LogP contribution in [0.4, 0.5) is 0 Å². The number of rotatable bonds is 6. The summed E-state index contributed by atoms with van der Waals surface area (Å²) in [6.07, 6.45) is 10.00. The van der Waals surface area contributed by atoms with Crippen molar-refractivity contribution in [3.8, 4) is 0 Å². The van der Waals surface area contributed by atoms with Crippen molar-refractivity contribution in [3.63, 3.8) is 0 Å². The van der Waals surface area contributed by atoms with Crippen LogP contribution in [0.1, 0.15) is 10.4 Å². The fourth-order valence-electron chi connectivity index (χ4n) is 1.55. The maximum Gasteiger partial charge on any atom is 0.279 e. The normalized spacial score (nSPS) is 11.3. The Hall–Kier alpha value is -2.69. The number of hydrogen-bond donors (Lipinski definition) is 1. The van der Waals surface area contributed by atoms with Crippen molar-refractivity contribution in [1.82, 2.24) is 15.1 Å². The molecule has 0 saturated heterocycles. The number of allylic oxidation sites excluding steroid dienone is 6. The minimum atomic E-state index is -0.436. The second-order valence-electron chi connectivity index (χ2n) is 3.86. The molecule has 0 spiro atoms. The third-order valence-electron chi connectivity index (χ3n) is 2.49. The lowest BCUT2D eigenvalue weighted by molar-refractivity contribution is 0.0960. The van der Waals surface area contributed by atoms with Crippen LogP contribution in [0, 0.1) is 0 Å². The molecule has 0 atom stereocenters. The third-order valence-corrected chi connectivity index (χ3v) is 2.49. The number of nitrogens with zero attached hydrogens (tertiary/aromatic N) is 2. The van der Waals surface area contributed by atoms with E-state index in [1.165, 1.54) is 24.0 Å². The topological polar surface area (TPSA) is 64.0 Å². The molecule has 5 nitrogen and oxygen atoms in total. The Kier molecular flexibility index (Phi) is 5.90. The van der Waals surface area contributed by atoms with Crippen molar-refractivity contribution in [2.24, 2.45) is 0 Å². The average molecular weight is 271 g/mol. The van der Waals surface area contributed by atoms with E-state index in [0.29, 0.717) is 0 Å². The van der Waals surface area contributed by atoms with Crippen LogP contribution in [0.15, 0.2) is 66.2 Å². The van der Waals surface area contributed by atoms with Crippen LogP contribution < -0.4 is 10.9 Å². The Morgan fingerprint density at radius 2 is 2.20 bits per heavy atom. The van der Waals surface area contributed by atoms with Crippen molar-refractivity contribution in [2.75, 3.05) is 7.05 Å². The molecule has 0 radical (unpaired) electrons. The van der Waals surface area contributed by atoms with Crippen molar-refractivity contribution in [2.45, 2.75) is 6.54 Å². The number of hydrogen-bond acceptors (Lipinski definition) is 3. The molecule has 1 heterocycles. The van der Waals surface area contributed by atoms with E-state index in [1.807, 2.05) is 0 Å². The highest BCUT2D eigenvalue weighted by Gasteiger charge is 2.11. The fourth-order valence-corrected chi connectivity index (χ4v) is 1.55. The van der Waals surface area contributed by atoms with Gasteiger partial charge in [-0.3, -0.25) is 9.59 Å². The Morgan fingerprint density at radius 3 is 2.80 bits per heavy atom. The largest absolute Gasteiger partial charge is 0.355 e. The van der Waals surface area contributed by atoms with E-state index in [9.17, 15) is 9.59 Å². The highest BCUT2D eigenvalue weighted by atomic mass is 16.2. The number of nitrogens with one attached hydrogen (secondary N) is 1. The standard InChI is InChI=1S/C15H17N3O2/c1-4-6-8-12(7-5-2)11-18-15(20)13(9-10-17-18)14(19)16-3/h4-10H,1-2,11H2,3H3,(H,16,19)/b8-6-,12-7+. The Morgan fingerprint density at radius 1 is 1.45 bits per heavy atom. The molecule has 104 valence electrons. The summed E-state index contributed by atoms with van der Waals surface area (Å²) in [6, 6.07) is 1.40. The van der Waals surface area contributed by atoms with Gasteiger partial charge in [-0.1, -0.05) is 43.5 Å². The second-order valence-corrected chi connectivity index (χ2v) is 3.86. The van der Waals surface area contributed by atoms with Crippen molar-refractivity contribution in [1.29, 1.82) is 0 Å². The van der Waals surface area contributed by atoms with E-state index in [0.717, 1.165) is 5.57 Å². The van der Waals surface area contributed by atoms with E-state index in [2.05, 4.69) is 23.6 Å². The summed E-state index contributed by atoms with van der Waals surface area (Å²) < 4.78 is 1.23. The van der Waals surface area contributed by atoms with Gasteiger partial charge in [0.1, 0.15) is 5.56 Å². The lowest BCUT2D eigenvalue weighted by Crippen LogP contribution is -2.32. The van der Waals surface area contributed by atoms with Crippen molar-refractivity contribution < 1.29 is 4.79 Å². The number of carbonyl (C=O) groups excluding carboxylic acids is 1. The zero-order valence-corrected chi connectivity index (χ0v) is 11.4. The summed E-state index contributed by atoms with van der Waals surface area (Å²) >= 11 is 0. The highest BCUT2D eigenvalue weighted by Crippen LogP contribution is 2.01. The molecule has 20 heavy (non-hydrogen) atoms. The Balaban J connectivity index is 3.14. The van der Waals surface area contributed by atoms with Crippen molar-refractivity contribution >= 4 is 5.91 Å². The first-order chi connectivity index (χ1) is 9.63. The summed E-state index contributed by atoms with van der Waals surface area (Å²) in [6.45, 7) is 7.46. The molecule has 0 fully saturated rings. The van der Waals surface area contributed by atoms with Gasteiger partial charge in [-0.15, -0.1) is 0 Å². The molecule has 0 aliphatic rings. The molecule has 1 aromatic heterocycles. The van der Waals surface area contributed by atoms with Crippen LogP contribution in [-0.4, -0.2) is 22.7 Å². The zero-order valence-electron chi connectivity index (χ0n) is 11.4. The quantitative estimate of drug-likeness (QED) is 0.797. The molecule has 1 N–H and O–H groups in total. The summed E-state index contributed by atoms with van der Waals surface area (Å²) in [7, 11) is 1.47. The third kappa shape index (κ3) is 3.91. The molecule has 5 heteroatoms. The SMILES string of the molecule is C=C/C=C\C(=C/C=C)Cn1nccc(C(=O)NC)c1=O. The molecule has 0 saturated carbocycles. The van der Waals surface area contributed by atoms with Gasteiger partial charge in [0.2, 0.25) is 0 Å². The minimum Gasteiger partial charge on any atom is -0.355 e. The van der Waals surface area contributed by atoms with Crippen molar-refractivity contribution in [3.05, 3.63) is 77.3 Å². The second kappa shape index (κ2) is 7.68. The first-order valence-electron chi connectivity index (χ1n) is 6.03. The van der Waals surface area contributed by atoms with E-state index < -0.39 is 11.5 Å². The molecule has 0 aliphatic carbocycles. The average Bonchev–Trinajstić information content (AvgIpc) is 2.46. The van der Waals surface area contributed by atoms with Crippen LogP contribution in [0.25, 0.3) is 0 Å². The summed E-state index contributed by atoms with van der Waals surface area (Å²) in [4.78, 5) is 23.7. The van der Waals surface area contributed by atoms with Gasteiger partial charge in [-0.2, -0.15) is 5.10 Å². The summed E-state index contributed by atoms with van der Waals surface area (Å²) in [5.41, 5.74) is 0.450. The van der Waals surface area contributed by atoms with E-state index in [1.54, 1.807) is 30.4 Å². The smallest absolute Gasteiger partial charge is 0.279 e. The Labute approximate surface area is 117 Å². The lowest BCUT2D eigenvalue weighted by Gasteiger charge is -2.06. The molecule has 0 bridgehead atoms. The van der Waals surface area contributed by atoms with Crippen LogP contribution in [-0.2, 0) is 6.54 Å². The van der Waals surface area contributed by atoms with Crippen LogP contribution in [0.3, 0.4) is 0 Å². The Bertz CT molecular complexity index is 624. The number of amides is 1. The molecule has 1 rings (SSSR count). The van der Waals surface area contributed by atoms with Crippen LogP contribution in [0.5, 0.6) is 0 Å². The monoisotopic (exact) mass is 271 g/mol. The van der Waals surface area contributed by atoms with Gasteiger partial charge in [-0.25, -0.2) is 4.68 Å². The first kappa shape index (κ1) is 15.4. The molecule has 0 aromatic carbocycles. The van der Waals surface area contributed by atoms with E-state index >= 15 is 0 Å². The van der Waals surface area contributed by atoms with Gasteiger partial charge in [0.25, 0.3) is 11.5 Å². The van der Waals surface area contributed by atoms with Crippen LogP contribution in [0.2, 0.25) is 0 Å². The molecular formula is C15H17N3O2. The van der Waals surface area contributed by atoms with Gasteiger partial charge < -0.3 is 5.32 Å². The molecule has 1 amide bonds.